The van der Waals surface area contributed by atoms with Crippen molar-refractivity contribution in [3.05, 3.63) is 41.8 Å². The number of rotatable bonds is 1. The molecule has 3 heteroatoms. The minimum atomic E-state index is 0.764. The average molecular weight is 285 g/mol. The predicted molar refractivity (Wildman–Crippen MR) is 49.4 cm³/mol. The van der Waals surface area contributed by atoms with Crippen LogP contribution in [-0.4, -0.2) is 0 Å². The van der Waals surface area contributed by atoms with E-state index in [1.807, 2.05) is 24.3 Å². The van der Waals surface area contributed by atoms with Crippen LogP contribution in [0, 0.1) is 6.92 Å². The van der Waals surface area contributed by atoms with E-state index in [2.05, 4.69) is 20.5 Å². The Hall–Kier alpha value is 0.613. The van der Waals surface area contributed by atoms with Crippen LogP contribution in [0.25, 0.3) is 0 Å². The summed E-state index contributed by atoms with van der Waals surface area (Å²) in [6, 6.07) is 7.74. The van der Waals surface area contributed by atoms with Gasteiger partial charge in [-0.3, -0.25) is 0 Å². The summed E-state index contributed by atoms with van der Waals surface area (Å²) in [4.78, 5) is 0. The van der Waals surface area contributed by atoms with Crippen LogP contribution < -0.4 is 0 Å². The quantitative estimate of drug-likeness (QED) is 0.546. The van der Waals surface area contributed by atoms with Gasteiger partial charge in [-0.15, -0.1) is 0 Å². The molecule has 0 saturated carbocycles. The van der Waals surface area contributed by atoms with Crippen molar-refractivity contribution in [1.29, 1.82) is 0 Å². The maximum atomic E-state index is 5.78. The molecule has 11 heavy (non-hydrogen) atoms. The molecule has 0 N–H and O–H groups in total. The summed E-state index contributed by atoms with van der Waals surface area (Å²) < 4.78 is 0. The van der Waals surface area contributed by atoms with Crippen molar-refractivity contribution >= 4 is 25.2 Å². The number of halogens is 2. The molecule has 0 aliphatic carbocycles. The van der Waals surface area contributed by atoms with Crippen LogP contribution in [-0.2, 0) is 22.8 Å². The van der Waals surface area contributed by atoms with Gasteiger partial charge in [-0.05, 0) is 6.07 Å². The summed E-state index contributed by atoms with van der Waals surface area (Å²) in [5.74, 6) is 0. The van der Waals surface area contributed by atoms with E-state index in [1.54, 1.807) is 0 Å². The standard InChI is InChI=1S/C8H8Cl.BrH.Zn/c1-2-7-5-3-4-6-8(7)9;;/h3-6H,1-2H2;1H;/q-1;;+2/p-1. The first kappa shape index (κ1) is 11.6. The van der Waals surface area contributed by atoms with E-state index < -0.39 is 0 Å². The van der Waals surface area contributed by atoms with Gasteiger partial charge in [0.25, 0.3) is 0 Å². The van der Waals surface area contributed by atoms with Gasteiger partial charge in [-0.25, -0.2) is 0 Å². The molecule has 0 aromatic heterocycles. The summed E-state index contributed by atoms with van der Waals surface area (Å²) in [6.07, 6.45) is 0.764. The zero-order valence-electron chi connectivity index (χ0n) is 6.19. The molecule has 0 fully saturated rings. The van der Waals surface area contributed by atoms with Crippen molar-refractivity contribution in [3.8, 4) is 0 Å². The molecule has 0 amide bonds. The van der Waals surface area contributed by atoms with Crippen molar-refractivity contribution in [3.63, 3.8) is 0 Å². The molecular formula is C8H8BrClZn. The van der Waals surface area contributed by atoms with E-state index in [9.17, 15) is 0 Å². The number of hydrogen-bond acceptors (Lipinski definition) is 0. The Morgan fingerprint density at radius 2 is 1.91 bits per heavy atom. The summed E-state index contributed by atoms with van der Waals surface area (Å²) in [6.45, 7) is 3.73. The fraction of sp³-hybridized carbons (Fsp3) is 0.125. The molecule has 0 saturated heterocycles. The van der Waals surface area contributed by atoms with E-state index in [1.165, 1.54) is 16.3 Å². The van der Waals surface area contributed by atoms with Gasteiger partial charge in [0.1, 0.15) is 0 Å². The molecule has 0 aliphatic rings. The molecule has 0 spiro atoms. The summed E-state index contributed by atoms with van der Waals surface area (Å²) in [5.41, 5.74) is 1.11. The van der Waals surface area contributed by atoms with Crippen LogP contribution in [0.1, 0.15) is 5.56 Å². The minimum absolute atomic E-state index is 0.764. The van der Waals surface area contributed by atoms with Gasteiger partial charge in [0.05, 0.1) is 0 Å². The predicted octanol–water partition coefficient (Wildman–Crippen LogP) is 3.56. The van der Waals surface area contributed by atoms with E-state index in [0.717, 1.165) is 17.0 Å². The molecule has 1 aromatic rings. The van der Waals surface area contributed by atoms with Crippen LogP contribution in [0.15, 0.2) is 24.3 Å². The van der Waals surface area contributed by atoms with Gasteiger partial charge in [0.2, 0.25) is 0 Å². The van der Waals surface area contributed by atoms with Gasteiger partial charge in [-0.2, -0.15) is 6.42 Å². The van der Waals surface area contributed by atoms with Gasteiger partial charge < -0.3 is 6.92 Å². The SMILES string of the molecule is [CH2-]Cc1ccccc1Cl.[Zn+][Br]. The maximum absolute atomic E-state index is 5.78. The molecule has 0 unspecified atom stereocenters. The van der Waals surface area contributed by atoms with Crippen LogP contribution in [0.5, 0.6) is 0 Å². The molecule has 1 aromatic carbocycles. The first-order valence-electron chi connectivity index (χ1n) is 3.14. The normalized spacial score (nSPS) is 8.45. The second-order valence-corrected chi connectivity index (χ2v) is 2.25. The monoisotopic (exact) mass is 282 g/mol. The Morgan fingerprint density at radius 1 is 1.36 bits per heavy atom. The topological polar surface area (TPSA) is 0 Å². The van der Waals surface area contributed by atoms with E-state index in [-0.39, 0.29) is 0 Å². The van der Waals surface area contributed by atoms with E-state index in [4.69, 9.17) is 11.6 Å². The molecule has 0 heterocycles. The zero-order valence-corrected chi connectivity index (χ0v) is 11.5. The van der Waals surface area contributed by atoms with Crippen molar-refractivity contribution in [2.45, 2.75) is 6.42 Å². The second-order valence-electron chi connectivity index (χ2n) is 1.84. The summed E-state index contributed by atoms with van der Waals surface area (Å²) in [5, 5.41) is 0.813. The van der Waals surface area contributed by atoms with Crippen LogP contribution in [0.4, 0.5) is 0 Å². The van der Waals surface area contributed by atoms with Crippen LogP contribution >= 0.6 is 25.2 Å². The van der Waals surface area contributed by atoms with Gasteiger partial charge in [-0.1, -0.05) is 35.4 Å². The Kier molecular flexibility index (Phi) is 7.68. The van der Waals surface area contributed by atoms with Gasteiger partial charge >= 0.3 is 30.0 Å². The molecule has 0 nitrogen and oxygen atoms in total. The fourth-order valence-electron chi connectivity index (χ4n) is 0.701. The van der Waals surface area contributed by atoms with Gasteiger partial charge in [0, 0.05) is 5.02 Å². The van der Waals surface area contributed by atoms with Crippen LogP contribution in [0.3, 0.4) is 0 Å². The van der Waals surface area contributed by atoms with Crippen molar-refractivity contribution in [2.75, 3.05) is 0 Å². The summed E-state index contributed by atoms with van der Waals surface area (Å²) in [7, 11) is 0. The molecule has 0 aliphatic heterocycles. The Balaban J connectivity index is 0.000000461. The second kappa shape index (κ2) is 7.27. The molecule has 1 rings (SSSR count). The first-order chi connectivity index (χ1) is 5.34. The van der Waals surface area contributed by atoms with Crippen molar-refractivity contribution < 1.29 is 16.3 Å². The Labute approximate surface area is 89.4 Å². The Bertz CT molecular complexity index is 203. The molecule has 56 valence electrons. The first-order valence-corrected chi connectivity index (χ1v) is 10.5. The number of benzene rings is 1. The molecule has 0 bridgehead atoms. The third-order valence-corrected chi connectivity index (χ3v) is 1.60. The molecule has 0 radical (unpaired) electrons. The van der Waals surface area contributed by atoms with Crippen molar-refractivity contribution in [1.82, 2.24) is 0 Å². The third-order valence-electron chi connectivity index (χ3n) is 1.23. The van der Waals surface area contributed by atoms with Gasteiger partial charge in [0.15, 0.2) is 0 Å². The van der Waals surface area contributed by atoms with Crippen LogP contribution in [0.2, 0.25) is 5.02 Å². The fourth-order valence-corrected chi connectivity index (χ4v) is 0.931. The Morgan fingerprint density at radius 3 is 2.27 bits per heavy atom. The third kappa shape index (κ3) is 4.25. The van der Waals surface area contributed by atoms with Crippen molar-refractivity contribution in [2.24, 2.45) is 0 Å². The van der Waals surface area contributed by atoms with E-state index in [0.29, 0.717) is 0 Å². The zero-order chi connectivity index (χ0) is 8.69. The number of hydrogen-bond donors (Lipinski definition) is 0. The average Bonchev–Trinajstić information content (AvgIpc) is 2.09. The molecular weight excluding hydrogens is 277 g/mol. The summed E-state index contributed by atoms with van der Waals surface area (Å²) >= 11 is 10.0. The molecule has 0 atom stereocenters. The van der Waals surface area contributed by atoms with E-state index >= 15 is 0 Å².